The van der Waals surface area contributed by atoms with E-state index in [1.165, 1.54) is 18.5 Å². The van der Waals surface area contributed by atoms with Crippen LogP contribution in [0.2, 0.25) is 0 Å². The number of aromatic nitrogens is 3. The fraction of sp³-hybridized carbons (Fsp3) is 0.125. The molecule has 0 saturated heterocycles. The van der Waals surface area contributed by atoms with Crippen molar-refractivity contribution in [2.75, 3.05) is 4.72 Å². The number of hydrogen-bond donors (Lipinski definition) is 2. The lowest BCUT2D eigenvalue weighted by Crippen LogP contribution is -2.12. The molecule has 0 atom stereocenters. The molecule has 0 aliphatic rings. The van der Waals surface area contributed by atoms with Crippen molar-refractivity contribution in [2.45, 2.75) is 4.90 Å². The Morgan fingerprint density at radius 3 is 2.80 bits per heavy atom. The van der Waals surface area contributed by atoms with Crippen molar-refractivity contribution in [3.05, 3.63) is 30.7 Å². The standard InChI is InChI=1S/C8H10N4O2S/c1-12-5-3-7(6-12)15(13,14)11-8-2-4-9-10-8/h2-6H,1H3,(H2,9,10,11). The van der Waals surface area contributed by atoms with Crippen molar-refractivity contribution in [1.82, 2.24) is 14.8 Å². The van der Waals surface area contributed by atoms with E-state index in [1.54, 1.807) is 23.9 Å². The van der Waals surface area contributed by atoms with Crippen LogP contribution in [-0.2, 0) is 17.1 Å². The van der Waals surface area contributed by atoms with Gasteiger partial charge in [0.15, 0.2) is 0 Å². The topological polar surface area (TPSA) is 79.8 Å². The van der Waals surface area contributed by atoms with Crippen LogP contribution >= 0.6 is 0 Å². The largest absolute Gasteiger partial charge is 0.356 e. The molecule has 2 aromatic heterocycles. The zero-order chi connectivity index (χ0) is 10.9. The van der Waals surface area contributed by atoms with Gasteiger partial charge in [-0.15, -0.1) is 0 Å². The van der Waals surface area contributed by atoms with E-state index in [4.69, 9.17) is 0 Å². The monoisotopic (exact) mass is 226 g/mol. The number of rotatable bonds is 3. The molecule has 2 aromatic rings. The maximum atomic E-state index is 11.7. The second-order valence-electron chi connectivity index (χ2n) is 3.09. The van der Waals surface area contributed by atoms with Gasteiger partial charge in [-0.1, -0.05) is 0 Å². The molecule has 7 heteroatoms. The molecular weight excluding hydrogens is 216 g/mol. The molecule has 0 fully saturated rings. The van der Waals surface area contributed by atoms with Gasteiger partial charge in [0.2, 0.25) is 0 Å². The molecule has 0 saturated carbocycles. The van der Waals surface area contributed by atoms with E-state index in [-0.39, 0.29) is 4.90 Å². The van der Waals surface area contributed by atoms with Crippen molar-refractivity contribution in [3.63, 3.8) is 0 Å². The molecule has 0 bridgehead atoms. The van der Waals surface area contributed by atoms with E-state index in [1.807, 2.05) is 0 Å². The highest BCUT2D eigenvalue weighted by molar-refractivity contribution is 7.92. The number of anilines is 1. The van der Waals surface area contributed by atoms with Gasteiger partial charge in [0, 0.05) is 25.5 Å². The van der Waals surface area contributed by atoms with E-state index in [2.05, 4.69) is 14.9 Å². The van der Waals surface area contributed by atoms with E-state index in [9.17, 15) is 8.42 Å². The Labute approximate surface area is 87.0 Å². The summed E-state index contributed by atoms with van der Waals surface area (Å²) < 4.78 is 27.5. The maximum absolute atomic E-state index is 11.7. The molecule has 0 amide bonds. The molecule has 6 nitrogen and oxygen atoms in total. The highest BCUT2D eigenvalue weighted by atomic mass is 32.2. The van der Waals surface area contributed by atoms with Crippen molar-refractivity contribution in [3.8, 4) is 0 Å². The number of aryl methyl sites for hydroxylation is 1. The first-order chi connectivity index (χ1) is 7.08. The fourth-order valence-corrected chi connectivity index (χ4v) is 2.22. The van der Waals surface area contributed by atoms with E-state index in [0.29, 0.717) is 5.82 Å². The van der Waals surface area contributed by atoms with Crippen LogP contribution in [0, 0.1) is 0 Å². The Hall–Kier alpha value is -1.76. The minimum atomic E-state index is -3.50. The summed E-state index contributed by atoms with van der Waals surface area (Å²) in [5.41, 5.74) is 0. The Kier molecular flexibility index (Phi) is 2.24. The summed E-state index contributed by atoms with van der Waals surface area (Å²) in [6, 6.07) is 3.07. The lowest BCUT2D eigenvalue weighted by molar-refractivity contribution is 0.601. The number of hydrogen-bond acceptors (Lipinski definition) is 3. The molecule has 0 aromatic carbocycles. The van der Waals surface area contributed by atoms with Gasteiger partial charge in [-0.05, 0) is 6.07 Å². The molecule has 0 unspecified atom stereocenters. The minimum Gasteiger partial charge on any atom is -0.356 e. The molecule has 0 radical (unpaired) electrons. The molecule has 0 aliphatic heterocycles. The first kappa shape index (κ1) is 9.78. The minimum absolute atomic E-state index is 0.222. The molecule has 0 spiro atoms. The van der Waals surface area contributed by atoms with Gasteiger partial charge in [-0.25, -0.2) is 8.42 Å². The third-order valence-electron chi connectivity index (χ3n) is 1.86. The predicted molar refractivity (Wildman–Crippen MR) is 54.8 cm³/mol. The average Bonchev–Trinajstić information content (AvgIpc) is 2.75. The zero-order valence-electron chi connectivity index (χ0n) is 8.01. The van der Waals surface area contributed by atoms with Crippen LogP contribution in [0.5, 0.6) is 0 Å². The molecule has 15 heavy (non-hydrogen) atoms. The molecule has 0 aliphatic carbocycles. The second kappa shape index (κ2) is 3.43. The van der Waals surface area contributed by atoms with Gasteiger partial charge in [-0.2, -0.15) is 5.10 Å². The first-order valence-corrected chi connectivity index (χ1v) is 5.70. The quantitative estimate of drug-likeness (QED) is 0.802. The van der Waals surface area contributed by atoms with Gasteiger partial charge in [-0.3, -0.25) is 9.82 Å². The summed E-state index contributed by atoms with van der Waals surface area (Å²) in [6.45, 7) is 0. The smallest absolute Gasteiger partial charge is 0.264 e. The summed E-state index contributed by atoms with van der Waals surface area (Å²) in [5.74, 6) is 0.346. The average molecular weight is 226 g/mol. The summed E-state index contributed by atoms with van der Waals surface area (Å²) in [6.07, 6.45) is 4.67. The van der Waals surface area contributed by atoms with E-state index >= 15 is 0 Å². The maximum Gasteiger partial charge on any atom is 0.264 e. The van der Waals surface area contributed by atoms with Gasteiger partial charge in [0.1, 0.15) is 10.7 Å². The van der Waals surface area contributed by atoms with Gasteiger partial charge >= 0.3 is 0 Å². The van der Waals surface area contributed by atoms with Crippen LogP contribution in [0.25, 0.3) is 0 Å². The highest BCUT2D eigenvalue weighted by Crippen LogP contribution is 2.13. The Morgan fingerprint density at radius 1 is 1.47 bits per heavy atom. The first-order valence-electron chi connectivity index (χ1n) is 4.22. The van der Waals surface area contributed by atoms with Crippen molar-refractivity contribution >= 4 is 15.8 Å². The Balaban J connectivity index is 2.28. The Morgan fingerprint density at radius 2 is 2.27 bits per heavy atom. The van der Waals surface area contributed by atoms with Crippen LogP contribution in [-0.4, -0.2) is 23.2 Å². The predicted octanol–water partition coefficient (Wildman–Crippen LogP) is 0.549. The third-order valence-corrected chi connectivity index (χ3v) is 3.21. The SMILES string of the molecule is Cn1ccc(S(=O)(=O)Nc2ccn[nH]2)c1. The number of H-pyrrole nitrogens is 1. The third kappa shape index (κ3) is 2.01. The van der Waals surface area contributed by atoms with Crippen molar-refractivity contribution in [1.29, 1.82) is 0 Å². The molecule has 2 heterocycles. The van der Waals surface area contributed by atoms with Gasteiger partial charge in [0.05, 0.1) is 6.20 Å². The Bertz CT molecular complexity index is 541. The van der Waals surface area contributed by atoms with Crippen LogP contribution < -0.4 is 4.72 Å². The fourth-order valence-electron chi connectivity index (χ4n) is 1.15. The number of aromatic amines is 1. The summed E-state index contributed by atoms with van der Waals surface area (Å²) >= 11 is 0. The van der Waals surface area contributed by atoms with Gasteiger partial charge < -0.3 is 4.57 Å². The molecule has 2 rings (SSSR count). The summed E-state index contributed by atoms with van der Waals surface area (Å²) in [7, 11) is -1.75. The normalized spacial score (nSPS) is 11.5. The van der Waals surface area contributed by atoms with Crippen LogP contribution in [0.15, 0.2) is 35.6 Å². The van der Waals surface area contributed by atoms with Gasteiger partial charge in [0.25, 0.3) is 10.0 Å². The second-order valence-corrected chi connectivity index (χ2v) is 4.77. The number of nitrogens with zero attached hydrogens (tertiary/aromatic N) is 2. The van der Waals surface area contributed by atoms with Crippen LogP contribution in [0.4, 0.5) is 5.82 Å². The molecular formula is C8H10N4O2S. The summed E-state index contributed by atoms with van der Waals surface area (Å²) in [5, 5.41) is 6.17. The highest BCUT2D eigenvalue weighted by Gasteiger charge is 2.15. The van der Waals surface area contributed by atoms with Crippen LogP contribution in [0.1, 0.15) is 0 Å². The van der Waals surface area contributed by atoms with Crippen LogP contribution in [0.3, 0.4) is 0 Å². The lowest BCUT2D eigenvalue weighted by Gasteiger charge is -2.02. The molecule has 80 valence electrons. The zero-order valence-corrected chi connectivity index (χ0v) is 8.82. The van der Waals surface area contributed by atoms with E-state index < -0.39 is 10.0 Å². The van der Waals surface area contributed by atoms with Crippen molar-refractivity contribution in [2.24, 2.45) is 7.05 Å². The van der Waals surface area contributed by atoms with E-state index in [0.717, 1.165) is 0 Å². The summed E-state index contributed by atoms with van der Waals surface area (Å²) in [4.78, 5) is 0.222. The number of sulfonamides is 1. The van der Waals surface area contributed by atoms with Crippen molar-refractivity contribution < 1.29 is 8.42 Å². The lowest BCUT2D eigenvalue weighted by atomic mass is 10.7. The number of nitrogens with one attached hydrogen (secondary N) is 2. The molecule has 2 N–H and O–H groups in total.